The lowest BCUT2D eigenvalue weighted by molar-refractivity contribution is -0.127. The van der Waals surface area contributed by atoms with Crippen LogP contribution in [0.3, 0.4) is 0 Å². The van der Waals surface area contributed by atoms with E-state index in [1.165, 1.54) is 11.0 Å². The fourth-order valence-corrected chi connectivity index (χ4v) is 7.06. The largest absolute Gasteiger partial charge is 0.323 e. The smallest absolute Gasteiger partial charge is 0.262 e. The number of hydrogen-bond donors (Lipinski definition) is 1. The minimum Gasteiger partial charge on any atom is -0.323 e. The highest BCUT2D eigenvalue weighted by Gasteiger charge is 2.68. The number of carbonyl (C=O) groups is 2. The van der Waals surface area contributed by atoms with E-state index in [0.717, 1.165) is 12.8 Å². The van der Waals surface area contributed by atoms with Crippen LogP contribution in [0.4, 0.5) is 20.2 Å². The molecule has 1 spiro atoms. The second-order valence-corrected chi connectivity index (χ2v) is 11.5. The van der Waals surface area contributed by atoms with Gasteiger partial charge in [-0.3, -0.25) is 14.5 Å². The van der Waals surface area contributed by atoms with E-state index in [0.29, 0.717) is 27.0 Å². The standard InChI is InChI=1S/C24H19Cl4F2N3O2/c25-11-3-12(26)5-15(4-11)33(14-1-2-14)21(34)16-8-24(32-10-23(29,30)9-19(16)32)17-6-13(27)7-18(28)20(17)31-22(24)35/h3-7,14,16,19H,1-2,8-10H2,(H,31,35). The van der Waals surface area contributed by atoms with Crippen molar-refractivity contribution in [1.82, 2.24) is 4.90 Å². The van der Waals surface area contributed by atoms with Gasteiger partial charge in [-0.05, 0) is 49.6 Å². The van der Waals surface area contributed by atoms with Gasteiger partial charge >= 0.3 is 0 Å². The summed E-state index contributed by atoms with van der Waals surface area (Å²) < 4.78 is 29.6. The van der Waals surface area contributed by atoms with E-state index >= 15 is 0 Å². The molecule has 184 valence electrons. The van der Waals surface area contributed by atoms with Crippen LogP contribution in [0.25, 0.3) is 0 Å². The van der Waals surface area contributed by atoms with Crippen molar-refractivity contribution in [2.45, 2.75) is 49.2 Å². The normalized spacial score (nSPS) is 28.8. The van der Waals surface area contributed by atoms with Crippen LogP contribution in [0.5, 0.6) is 0 Å². The molecule has 11 heteroatoms. The number of rotatable bonds is 3. The van der Waals surface area contributed by atoms with Crippen LogP contribution in [-0.4, -0.2) is 41.3 Å². The molecule has 3 heterocycles. The summed E-state index contributed by atoms with van der Waals surface area (Å²) in [4.78, 5) is 30.6. The van der Waals surface area contributed by atoms with Gasteiger partial charge in [0.2, 0.25) is 11.8 Å². The quantitative estimate of drug-likeness (QED) is 0.474. The summed E-state index contributed by atoms with van der Waals surface area (Å²) in [5, 5.41) is 4.02. The summed E-state index contributed by atoms with van der Waals surface area (Å²) in [6.07, 6.45) is 1.09. The number of nitrogens with one attached hydrogen (secondary N) is 1. The molecule has 4 aliphatic rings. The van der Waals surface area contributed by atoms with Crippen molar-refractivity contribution in [1.29, 1.82) is 0 Å². The van der Waals surface area contributed by atoms with Gasteiger partial charge in [-0.2, -0.15) is 0 Å². The average molecular weight is 561 g/mol. The molecule has 3 aliphatic heterocycles. The summed E-state index contributed by atoms with van der Waals surface area (Å²) in [6, 6.07) is 7.03. The van der Waals surface area contributed by atoms with Gasteiger partial charge in [-0.15, -0.1) is 0 Å². The first kappa shape index (κ1) is 23.7. The van der Waals surface area contributed by atoms with Gasteiger partial charge < -0.3 is 10.2 Å². The molecule has 3 fully saturated rings. The van der Waals surface area contributed by atoms with Gasteiger partial charge in [0.25, 0.3) is 5.92 Å². The van der Waals surface area contributed by atoms with Gasteiger partial charge in [0.05, 0.1) is 23.2 Å². The molecule has 2 aromatic carbocycles. The summed E-state index contributed by atoms with van der Waals surface area (Å²) in [5.74, 6) is -4.69. The van der Waals surface area contributed by atoms with Crippen LogP contribution in [0.15, 0.2) is 30.3 Å². The Kier molecular flexibility index (Phi) is 5.38. The van der Waals surface area contributed by atoms with Gasteiger partial charge in [0, 0.05) is 44.8 Å². The lowest BCUT2D eigenvalue weighted by Crippen LogP contribution is -2.48. The number of nitrogens with zero attached hydrogens (tertiary/aromatic N) is 2. The average Bonchev–Trinajstić information content (AvgIpc) is 3.38. The monoisotopic (exact) mass is 559 g/mol. The van der Waals surface area contributed by atoms with Crippen molar-refractivity contribution < 1.29 is 18.4 Å². The molecule has 35 heavy (non-hydrogen) atoms. The van der Waals surface area contributed by atoms with Crippen molar-refractivity contribution in [2.75, 3.05) is 16.8 Å². The molecule has 2 aromatic rings. The molecule has 0 radical (unpaired) electrons. The minimum atomic E-state index is -3.05. The summed E-state index contributed by atoms with van der Waals surface area (Å²) >= 11 is 25.0. The maximum Gasteiger partial charge on any atom is 0.262 e. The molecular weight excluding hydrogens is 542 g/mol. The maximum absolute atomic E-state index is 14.8. The second kappa shape index (κ2) is 7.93. The van der Waals surface area contributed by atoms with Gasteiger partial charge in [-0.1, -0.05) is 46.4 Å². The fraction of sp³-hybridized carbons (Fsp3) is 0.417. The zero-order valence-corrected chi connectivity index (χ0v) is 21.2. The first-order chi connectivity index (χ1) is 16.5. The molecule has 3 atom stereocenters. The highest BCUT2D eigenvalue weighted by Crippen LogP contribution is 2.58. The number of benzene rings is 2. The lowest BCUT2D eigenvalue weighted by atomic mass is 9.83. The fourth-order valence-electron chi connectivity index (χ4n) is 6.01. The third kappa shape index (κ3) is 3.65. The third-order valence-corrected chi connectivity index (χ3v) is 8.44. The Morgan fingerprint density at radius 1 is 1.00 bits per heavy atom. The molecule has 5 nitrogen and oxygen atoms in total. The number of alkyl halides is 2. The second-order valence-electron chi connectivity index (χ2n) is 9.76. The number of hydrogen-bond acceptors (Lipinski definition) is 3. The molecule has 1 aliphatic carbocycles. The van der Waals surface area contributed by atoms with E-state index in [-0.39, 0.29) is 28.4 Å². The van der Waals surface area contributed by atoms with E-state index in [1.54, 1.807) is 29.2 Å². The van der Waals surface area contributed by atoms with Crippen molar-refractivity contribution in [2.24, 2.45) is 5.92 Å². The lowest BCUT2D eigenvalue weighted by Gasteiger charge is -2.32. The predicted molar refractivity (Wildman–Crippen MR) is 132 cm³/mol. The van der Waals surface area contributed by atoms with E-state index in [9.17, 15) is 18.4 Å². The van der Waals surface area contributed by atoms with Crippen LogP contribution < -0.4 is 10.2 Å². The van der Waals surface area contributed by atoms with Crippen LogP contribution in [0, 0.1) is 5.92 Å². The van der Waals surface area contributed by atoms with Crippen molar-refractivity contribution >= 4 is 69.6 Å². The predicted octanol–water partition coefficient (Wildman–Crippen LogP) is 6.37. The topological polar surface area (TPSA) is 52.7 Å². The molecule has 0 aromatic heterocycles. The van der Waals surface area contributed by atoms with Crippen LogP contribution in [0.2, 0.25) is 20.1 Å². The number of fused-ring (bicyclic) bond motifs is 4. The zero-order chi connectivity index (χ0) is 24.9. The van der Waals surface area contributed by atoms with Crippen LogP contribution >= 0.6 is 46.4 Å². The molecule has 1 saturated carbocycles. The van der Waals surface area contributed by atoms with E-state index in [1.807, 2.05) is 0 Å². The molecule has 3 unspecified atom stereocenters. The Bertz CT molecular complexity index is 1270. The first-order valence-electron chi connectivity index (χ1n) is 11.2. The first-order valence-corrected chi connectivity index (χ1v) is 12.8. The minimum absolute atomic E-state index is 0.0413. The molecule has 6 rings (SSSR count). The number of halogens is 6. The molecular formula is C24H19Cl4F2N3O2. The highest BCUT2D eigenvalue weighted by molar-refractivity contribution is 6.38. The number of amides is 2. The van der Waals surface area contributed by atoms with Gasteiger partial charge in [0.1, 0.15) is 5.54 Å². The van der Waals surface area contributed by atoms with Gasteiger partial charge in [0.15, 0.2) is 0 Å². The number of anilines is 2. The van der Waals surface area contributed by atoms with E-state index in [2.05, 4.69) is 5.32 Å². The Morgan fingerprint density at radius 2 is 1.66 bits per heavy atom. The maximum atomic E-state index is 14.8. The summed E-state index contributed by atoms with van der Waals surface area (Å²) in [7, 11) is 0. The Balaban J connectivity index is 1.46. The van der Waals surface area contributed by atoms with Crippen molar-refractivity contribution in [3.8, 4) is 0 Å². The van der Waals surface area contributed by atoms with Crippen molar-refractivity contribution in [3.05, 3.63) is 56.0 Å². The number of carbonyl (C=O) groups excluding carboxylic acids is 2. The Labute approximate surface area is 220 Å². The third-order valence-electron chi connectivity index (χ3n) is 7.49. The zero-order valence-electron chi connectivity index (χ0n) is 18.1. The Hall–Kier alpha value is -1.64. The SMILES string of the molecule is O=C(C1CC2(C(=O)Nc3c(Cl)cc(Cl)cc32)N2CC(F)(F)CC12)N(c1cc(Cl)cc(Cl)c1)C1CC1. The molecule has 0 bridgehead atoms. The van der Waals surface area contributed by atoms with Gasteiger partial charge in [-0.25, -0.2) is 8.78 Å². The summed E-state index contributed by atoms with van der Waals surface area (Å²) in [6.45, 7) is -0.634. The van der Waals surface area contributed by atoms with E-state index < -0.39 is 42.3 Å². The highest BCUT2D eigenvalue weighted by atomic mass is 35.5. The molecule has 2 amide bonds. The van der Waals surface area contributed by atoms with Crippen LogP contribution in [-0.2, 0) is 15.1 Å². The molecule has 2 saturated heterocycles. The van der Waals surface area contributed by atoms with Crippen LogP contribution in [0.1, 0.15) is 31.2 Å². The Morgan fingerprint density at radius 3 is 2.31 bits per heavy atom. The van der Waals surface area contributed by atoms with Crippen molar-refractivity contribution in [3.63, 3.8) is 0 Å². The summed E-state index contributed by atoms with van der Waals surface area (Å²) in [5.41, 5.74) is -0.157. The molecule has 1 N–H and O–H groups in total. The van der Waals surface area contributed by atoms with E-state index in [4.69, 9.17) is 46.4 Å².